The van der Waals surface area contributed by atoms with Gasteiger partial charge in [0.1, 0.15) is 12.1 Å². The Morgan fingerprint density at radius 3 is 2.82 bits per heavy atom. The van der Waals surface area contributed by atoms with Gasteiger partial charge in [-0.15, -0.1) is 0 Å². The van der Waals surface area contributed by atoms with Crippen molar-refractivity contribution in [2.75, 3.05) is 13.1 Å². The third-order valence-corrected chi connectivity index (χ3v) is 5.85. The summed E-state index contributed by atoms with van der Waals surface area (Å²) < 4.78 is 7.07. The lowest BCUT2D eigenvalue weighted by atomic mass is 9.95. The third kappa shape index (κ3) is 2.80. The number of nitrogens with zero attached hydrogens (tertiary/aromatic N) is 5. The fourth-order valence-electron chi connectivity index (χ4n) is 4.28. The number of hydrogen-bond donors (Lipinski definition) is 0. The molecule has 1 aliphatic carbocycles. The number of piperidine rings is 1. The normalized spacial score (nSPS) is 17.6. The number of aromatic nitrogens is 4. The molecular weight excluding hydrogens is 358 g/mol. The second-order valence-corrected chi connectivity index (χ2v) is 7.49. The molecule has 8 nitrogen and oxygen atoms in total. The largest absolute Gasteiger partial charge is 0.360 e. The van der Waals surface area contributed by atoms with Crippen LogP contribution in [0.1, 0.15) is 53.5 Å². The van der Waals surface area contributed by atoms with Crippen molar-refractivity contribution in [2.24, 2.45) is 0 Å². The molecule has 144 valence electrons. The first-order valence-corrected chi connectivity index (χ1v) is 9.81. The lowest BCUT2D eigenvalue weighted by Crippen LogP contribution is -2.41. The van der Waals surface area contributed by atoms with Crippen LogP contribution in [0.4, 0.5) is 0 Å². The summed E-state index contributed by atoms with van der Waals surface area (Å²) >= 11 is 0. The average molecular weight is 379 g/mol. The Balaban J connectivity index is 1.33. The van der Waals surface area contributed by atoms with E-state index in [1.165, 1.54) is 0 Å². The Kier molecular flexibility index (Phi) is 4.18. The fourth-order valence-corrected chi connectivity index (χ4v) is 4.28. The van der Waals surface area contributed by atoms with Gasteiger partial charge < -0.3 is 9.42 Å². The molecule has 5 rings (SSSR count). The number of hydrogen-bond acceptors (Lipinski definition) is 6. The van der Waals surface area contributed by atoms with Crippen molar-refractivity contribution < 1.29 is 9.32 Å². The molecule has 0 atom stereocenters. The molecule has 0 bridgehead atoms. The van der Waals surface area contributed by atoms with E-state index in [0.29, 0.717) is 42.7 Å². The highest BCUT2D eigenvalue weighted by molar-refractivity contribution is 5.94. The standard InChI is InChI=1S/C20H21N5O3/c26-19-15-5-3-9-21-18(15)22-12-25(19)13-7-10-24(11-8-13)20(27)17-14-4-1-2-6-16(14)28-23-17/h3,5,9,12-13H,1-2,4,6-8,10-11H2. The van der Waals surface area contributed by atoms with E-state index in [1.54, 1.807) is 29.2 Å². The maximum absolute atomic E-state index is 12.9. The van der Waals surface area contributed by atoms with E-state index in [9.17, 15) is 9.59 Å². The van der Waals surface area contributed by atoms with E-state index >= 15 is 0 Å². The first-order chi connectivity index (χ1) is 13.7. The first-order valence-electron chi connectivity index (χ1n) is 9.81. The summed E-state index contributed by atoms with van der Waals surface area (Å²) in [4.78, 5) is 36.0. The molecule has 0 radical (unpaired) electrons. The van der Waals surface area contributed by atoms with Crippen LogP contribution in [0.2, 0.25) is 0 Å². The summed E-state index contributed by atoms with van der Waals surface area (Å²) in [5, 5.41) is 4.59. The van der Waals surface area contributed by atoms with Crippen molar-refractivity contribution >= 4 is 16.9 Å². The van der Waals surface area contributed by atoms with E-state index in [2.05, 4.69) is 15.1 Å². The van der Waals surface area contributed by atoms with Gasteiger partial charge in [0.2, 0.25) is 0 Å². The average Bonchev–Trinajstić information content (AvgIpc) is 3.18. The number of aryl methyl sites for hydroxylation is 1. The Labute approximate surface area is 161 Å². The SMILES string of the molecule is O=C(c1noc2c1CCCC2)N1CCC(n2cnc3ncccc3c2=O)CC1. The Hall–Kier alpha value is -3.03. The molecule has 4 heterocycles. The summed E-state index contributed by atoms with van der Waals surface area (Å²) in [6.07, 6.45) is 8.51. The lowest BCUT2D eigenvalue weighted by Gasteiger charge is -2.32. The van der Waals surface area contributed by atoms with Crippen molar-refractivity contribution in [3.63, 3.8) is 0 Å². The molecule has 0 unspecified atom stereocenters. The van der Waals surface area contributed by atoms with Gasteiger partial charge in [0.05, 0.1) is 5.39 Å². The highest BCUT2D eigenvalue weighted by atomic mass is 16.5. The monoisotopic (exact) mass is 379 g/mol. The van der Waals surface area contributed by atoms with E-state index in [-0.39, 0.29) is 17.5 Å². The number of rotatable bonds is 2. The second kappa shape index (κ2) is 6.85. The van der Waals surface area contributed by atoms with Gasteiger partial charge in [-0.05, 0) is 44.2 Å². The summed E-state index contributed by atoms with van der Waals surface area (Å²) in [7, 11) is 0. The van der Waals surface area contributed by atoms with Crippen molar-refractivity contribution in [1.82, 2.24) is 24.6 Å². The van der Waals surface area contributed by atoms with Crippen molar-refractivity contribution in [2.45, 2.75) is 44.6 Å². The van der Waals surface area contributed by atoms with Crippen LogP contribution in [0.5, 0.6) is 0 Å². The molecule has 1 saturated heterocycles. The quantitative estimate of drug-likeness (QED) is 0.677. The highest BCUT2D eigenvalue weighted by Crippen LogP contribution is 2.27. The van der Waals surface area contributed by atoms with Crippen LogP contribution in [0.15, 0.2) is 34.0 Å². The maximum Gasteiger partial charge on any atom is 0.276 e. The molecule has 3 aromatic heterocycles. The zero-order valence-corrected chi connectivity index (χ0v) is 15.5. The number of likely N-dealkylation sites (tertiary alicyclic amines) is 1. The summed E-state index contributed by atoms with van der Waals surface area (Å²) in [5.74, 6) is 0.811. The molecule has 3 aromatic rings. The van der Waals surface area contributed by atoms with Crippen LogP contribution < -0.4 is 5.56 Å². The Bertz CT molecular complexity index is 1090. The third-order valence-electron chi connectivity index (χ3n) is 5.85. The first kappa shape index (κ1) is 17.1. The van der Waals surface area contributed by atoms with Gasteiger partial charge in [-0.2, -0.15) is 0 Å². The number of carbonyl (C=O) groups excluding carboxylic acids is 1. The summed E-state index contributed by atoms with van der Waals surface area (Å²) in [6.45, 7) is 1.17. The summed E-state index contributed by atoms with van der Waals surface area (Å²) in [5.41, 5.74) is 1.85. The maximum atomic E-state index is 12.9. The van der Waals surface area contributed by atoms with Gasteiger partial charge in [0, 0.05) is 37.3 Å². The van der Waals surface area contributed by atoms with Gasteiger partial charge in [-0.3, -0.25) is 14.2 Å². The molecule has 0 saturated carbocycles. The van der Waals surface area contributed by atoms with Crippen LogP contribution >= 0.6 is 0 Å². The number of amides is 1. The minimum absolute atomic E-state index is 0.0277. The van der Waals surface area contributed by atoms with Gasteiger partial charge >= 0.3 is 0 Å². The molecule has 28 heavy (non-hydrogen) atoms. The van der Waals surface area contributed by atoms with Crippen molar-refractivity contribution in [1.29, 1.82) is 0 Å². The van der Waals surface area contributed by atoms with Gasteiger partial charge in [0.15, 0.2) is 11.3 Å². The van der Waals surface area contributed by atoms with Gasteiger partial charge in [-0.25, -0.2) is 9.97 Å². The molecule has 2 aliphatic rings. The Morgan fingerprint density at radius 1 is 1.14 bits per heavy atom. The zero-order valence-electron chi connectivity index (χ0n) is 15.5. The van der Waals surface area contributed by atoms with Crippen LogP contribution in [0, 0.1) is 0 Å². The van der Waals surface area contributed by atoms with Crippen molar-refractivity contribution in [3.8, 4) is 0 Å². The lowest BCUT2D eigenvalue weighted by molar-refractivity contribution is 0.0682. The fraction of sp³-hybridized carbons (Fsp3) is 0.450. The van der Waals surface area contributed by atoms with Crippen LogP contribution in [0.3, 0.4) is 0 Å². The topological polar surface area (TPSA) is 94.1 Å². The minimum Gasteiger partial charge on any atom is -0.360 e. The van der Waals surface area contributed by atoms with Gasteiger partial charge in [-0.1, -0.05) is 5.16 Å². The van der Waals surface area contributed by atoms with E-state index in [4.69, 9.17) is 4.52 Å². The molecular formula is C20H21N5O3. The summed E-state index contributed by atoms with van der Waals surface area (Å²) in [6, 6.07) is 3.52. The molecule has 0 spiro atoms. The van der Waals surface area contributed by atoms with Crippen molar-refractivity contribution in [3.05, 3.63) is 52.0 Å². The second-order valence-electron chi connectivity index (χ2n) is 7.49. The molecule has 8 heteroatoms. The molecule has 0 N–H and O–H groups in total. The van der Waals surface area contributed by atoms with E-state index in [0.717, 1.165) is 37.0 Å². The van der Waals surface area contributed by atoms with Crippen LogP contribution in [-0.2, 0) is 12.8 Å². The minimum atomic E-state index is -0.0755. The smallest absolute Gasteiger partial charge is 0.276 e. The predicted molar refractivity (Wildman–Crippen MR) is 101 cm³/mol. The number of fused-ring (bicyclic) bond motifs is 2. The van der Waals surface area contributed by atoms with E-state index < -0.39 is 0 Å². The van der Waals surface area contributed by atoms with Crippen LogP contribution in [0.25, 0.3) is 11.0 Å². The predicted octanol–water partition coefficient (Wildman–Crippen LogP) is 2.14. The number of carbonyl (C=O) groups is 1. The number of pyridine rings is 1. The highest BCUT2D eigenvalue weighted by Gasteiger charge is 2.30. The van der Waals surface area contributed by atoms with Gasteiger partial charge in [0.25, 0.3) is 11.5 Å². The van der Waals surface area contributed by atoms with E-state index in [1.807, 2.05) is 4.90 Å². The van der Waals surface area contributed by atoms with Crippen LogP contribution in [-0.4, -0.2) is 43.6 Å². The molecule has 1 aliphatic heterocycles. The zero-order chi connectivity index (χ0) is 19.1. The molecule has 1 amide bonds. The molecule has 1 fully saturated rings. The molecule has 0 aromatic carbocycles. The Morgan fingerprint density at radius 2 is 1.96 bits per heavy atom.